The van der Waals surface area contributed by atoms with Crippen LogP contribution < -0.4 is 5.32 Å². The van der Waals surface area contributed by atoms with Crippen molar-refractivity contribution in [1.29, 1.82) is 0 Å². The fourth-order valence-electron chi connectivity index (χ4n) is 3.14. The molecule has 0 aromatic heterocycles. The van der Waals surface area contributed by atoms with Gasteiger partial charge in [-0.1, -0.05) is 34.6 Å². The molecule has 0 amide bonds. The van der Waals surface area contributed by atoms with Gasteiger partial charge in [-0.2, -0.15) is 0 Å². The van der Waals surface area contributed by atoms with Gasteiger partial charge in [-0.15, -0.1) is 0 Å². The monoisotopic (exact) mass is 241 g/mol. The lowest BCUT2D eigenvalue weighted by atomic mass is 9.81. The van der Waals surface area contributed by atoms with E-state index in [-0.39, 0.29) is 0 Å². The Kier molecular flexibility index (Phi) is 5.94. The van der Waals surface area contributed by atoms with Crippen LogP contribution in [0.4, 0.5) is 0 Å². The summed E-state index contributed by atoms with van der Waals surface area (Å²) in [5, 5.41) is 3.66. The molecule has 1 heterocycles. The van der Waals surface area contributed by atoms with Crippen LogP contribution in [0.25, 0.3) is 0 Å². The van der Waals surface area contributed by atoms with E-state index in [9.17, 15) is 0 Å². The number of ether oxygens (including phenoxy) is 1. The highest BCUT2D eigenvalue weighted by atomic mass is 16.5. The standard InChI is InChI=1S/C15H31NO/c1-6-16-14(13-7-8-17-11-13)9-12(2)10-15(3,4)5/h12-14,16H,6-11H2,1-5H3. The molecule has 1 fully saturated rings. The minimum absolute atomic E-state index is 0.447. The van der Waals surface area contributed by atoms with E-state index in [0.29, 0.717) is 11.5 Å². The highest BCUT2D eigenvalue weighted by Crippen LogP contribution is 2.29. The van der Waals surface area contributed by atoms with Crippen LogP contribution in [0.5, 0.6) is 0 Å². The molecule has 3 atom stereocenters. The van der Waals surface area contributed by atoms with E-state index in [1.165, 1.54) is 19.3 Å². The molecular formula is C15H31NO. The van der Waals surface area contributed by atoms with Crippen molar-refractivity contribution in [2.75, 3.05) is 19.8 Å². The van der Waals surface area contributed by atoms with Crippen LogP contribution in [0.3, 0.4) is 0 Å². The molecule has 1 N–H and O–H groups in total. The van der Waals surface area contributed by atoms with Crippen molar-refractivity contribution in [1.82, 2.24) is 5.32 Å². The molecule has 2 heteroatoms. The zero-order valence-electron chi connectivity index (χ0n) is 12.4. The molecule has 1 saturated heterocycles. The van der Waals surface area contributed by atoms with Crippen LogP contribution in [-0.4, -0.2) is 25.8 Å². The summed E-state index contributed by atoms with van der Waals surface area (Å²) in [5.41, 5.74) is 0.447. The lowest BCUT2D eigenvalue weighted by Gasteiger charge is -2.29. The highest BCUT2D eigenvalue weighted by Gasteiger charge is 2.27. The predicted octanol–water partition coefficient (Wildman–Crippen LogP) is 3.46. The van der Waals surface area contributed by atoms with E-state index in [1.54, 1.807) is 0 Å². The molecule has 0 aromatic carbocycles. The summed E-state index contributed by atoms with van der Waals surface area (Å²) in [6.07, 6.45) is 3.83. The summed E-state index contributed by atoms with van der Waals surface area (Å²) < 4.78 is 5.53. The zero-order valence-corrected chi connectivity index (χ0v) is 12.4. The van der Waals surface area contributed by atoms with Crippen LogP contribution in [0.2, 0.25) is 0 Å². The highest BCUT2D eigenvalue weighted by molar-refractivity contribution is 4.81. The third-order valence-corrected chi connectivity index (χ3v) is 3.62. The van der Waals surface area contributed by atoms with Gasteiger partial charge in [-0.3, -0.25) is 0 Å². The van der Waals surface area contributed by atoms with Crippen LogP contribution in [0, 0.1) is 17.3 Å². The molecule has 0 bridgehead atoms. The molecule has 3 unspecified atom stereocenters. The summed E-state index contributed by atoms with van der Waals surface area (Å²) in [6, 6.07) is 0.653. The first-order valence-corrected chi connectivity index (χ1v) is 7.23. The molecule has 17 heavy (non-hydrogen) atoms. The summed E-state index contributed by atoms with van der Waals surface area (Å²) >= 11 is 0. The van der Waals surface area contributed by atoms with E-state index in [4.69, 9.17) is 4.74 Å². The Balaban J connectivity index is 2.42. The third-order valence-electron chi connectivity index (χ3n) is 3.62. The normalized spacial score (nSPS) is 24.9. The first kappa shape index (κ1) is 15.0. The quantitative estimate of drug-likeness (QED) is 0.769. The van der Waals surface area contributed by atoms with E-state index >= 15 is 0 Å². The number of rotatable bonds is 6. The first-order chi connectivity index (χ1) is 7.92. The Morgan fingerprint density at radius 2 is 2.06 bits per heavy atom. The second kappa shape index (κ2) is 6.75. The van der Waals surface area contributed by atoms with Gasteiger partial charge < -0.3 is 10.1 Å². The Bertz CT molecular complexity index is 203. The minimum Gasteiger partial charge on any atom is -0.381 e. The van der Waals surface area contributed by atoms with Crippen molar-refractivity contribution in [3.8, 4) is 0 Å². The second-order valence-electron chi connectivity index (χ2n) is 6.89. The lowest BCUT2D eigenvalue weighted by molar-refractivity contribution is 0.169. The first-order valence-electron chi connectivity index (χ1n) is 7.23. The fourth-order valence-corrected chi connectivity index (χ4v) is 3.14. The van der Waals surface area contributed by atoms with Crippen LogP contribution in [0.15, 0.2) is 0 Å². The number of hydrogen-bond donors (Lipinski definition) is 1. The SMILES string of the molecule is CCNC(CC(C)CC(C)(C)C)C1CCOC1. The molecule has 0 aliphatic carbocycles. The Hall–Kier alpha value is -0.0800. The zero-order chi connectivity index (χ0) is 12.9. The van der Waals surface area contributed by atoms with Crippen LogP contribution in [0.1, 0.15) is 53.9 Å². The molecule has 1 rings (SSSR count). The van der Waals surface area contributed by atoms with Crippen molar-refractivity contribution >= 4 is 0 Å². The van der Waals surface area contributed by atoms with Crippen molar-refractivity contribution in [2.45, 2.75) is 59.9 Å². The largest absolute Gasteiger partial charge is 0.381 e. The molecule has 0 saturated carbocycles. The topological polar surface area (TPSA) is 21.3 Å². The Morgan fingerprint density at radius 3 is 2.53 bits per heavy atom. The third kappa shape index (κ3) is 5.87. The number of nitrogens with one attached hydrogen (secondary N) is 1. The lowest BCUT2D eigenvalue weighted by Crippen LogP contribution is -2.38. The van der Waals surface area contributed by atoms with Gasteiger partial charge >= 0.3 is 0 Å². The minimum atomic E-state index is 0.447. The van der Waals surface area contributed by atoms with Gasteiger partial charge in [-0.25, -0.2) is 0 Å². The maximum absolute atomic E-state index is 5.53. The summed E-state index contributed by atoms with van der Waals surface area (Å²) in [6.45, 7) is 14.6. The maximum atomic E-state index is 5.53. The van der Waals surface area contributed by atoms with Gasteiger partial charge in [0.15, 0.2) is 0 Å². The van der Waals surface area contributed by atoms with Crippen molar-refractivity contribution in [3.05, 3.63) is 0 Å². The van der Waals surface area contributed by atoms with Gasteiger partial charge in [0, 0.05) is 12.6 Å². The average Bonchev–Trinajstić information content (AvgIpc) is 2.66. The van der Waals surface area contributed by atoms with Gasteiger partial charge in [0.1, 0.15) is 0 Å². The molecule has 2 nitrogen and oxygen atoms in total. The molecule has 0 spiro atoms. The molecule has 0 aromatic rings. The van der Waals surface area contributed by atoms with E-state index in [1.807, 2.05) is 0 Å². The molecule has 1 aliphatic heterocycles. The maximum Gasteiger partial charge on any atom is 0.0510 e. The van der Waals surface area contributed by atoms with Gasteiger partial charge in [-0.05, 0) is 43.1 Å². The summed E-state index contributed by atoms with van der Waals surface area (Å²) in [5.74, 6) is 1.53. The van der Waals surface area contributed by atoms with Crippen LogP contribution >= 0.6 is 0 Å². The second-order valence-corrected chi connectivity index (χ2v) is 6.89. The van der Waals surface area contributed by atoms with Crippen molar-refractivity contribution in [2.24, 2.45) is 17.3 Å². The van der Waals surface area contributed by atoms with Gasteiger partial charge in [0.2, 0.25) is 0 Å². The number of hydrogen-bond acceptors (Lipinski definition) is 2. The summed E-state index contributed by atoms with van der Waals surface area (Å²) in [4.78, 5) is 0. The van der Waals surface area contributed by atoms with E-state index in [2.05, 4.69) is 39.9 Å². The smallest absolute Gasteiger partial charge is 0.0510 e. The Labute approximate surface area is 108 Å². The molecule has 0 radical (unpaired) electrons. The molecule has 102 valence electrons. The predicted molar refractivity (Wildman–Crippen MR) is 74.2 cm³/mol. The van der Waals surface area contributed by atoms with E-state index in [0.717, 1.165) is 31.6 Å². The molecular weight excluding hydrogens is 210 g/mol. The van der Waals surface area contributed by atoms with Crippen LogP contribution in [-0.2, 0) is 4.74 Å². The van der Waals surface area contributed by atoms with Crippen molar-refractivity contribution < 1.29 is 4.74 Å². The average molecular weight is 241 g/mol. The fraction of sp³-hybridized carbons (Fsp3) is 1.00. The summed E-state index contributed by atoms with van der Waals surface area (Å²) in [7, 11) is 0. The molecule has 1 aliphatic rings. The van der Waals surface area contributed by atoms with Gasteiger partial charge in [0.25, 0.3) is 0 Å². The Morgan fingerprint density at radius 1 is 1.35 bits per heavy atom. The van der Waals surface area contributed by atoms with Crippen molar-refractivity contribution in [3.63, 3.8) is 0 Å². The van der Waals surface area contributed by atoms with Gasteiger partial charge in [0.05, 0.1) is 6.61 Å². The van der Waals surface area contributed by atoms with E-state index < -0.39 is 0 Å².